The number of carbonyl (C=O) groups is 2. The van der Waals surface area contributed by atoms with Crippen LogP contribution in [0.25, 0.3) is 6.08 Å². The molecule has 1 fully saturated rings. The normalized spacial score (nSPS) is 30.0. The minimum absolute atomic E-state index is 0.0926. The molecule has 1 N–H and O–H groups in total. The fourth-order valence-electron chi connectivity index (χ4n) is 3.86. The first kappa shape index (κ1) is 20.5. The van der Waals surface area contributed by atoms with Crippen molar-refractivity contribution in [1.29, 1.82) is 0 Å². The molecule has 0 bridgehead atoms. The highest BCUT2D eigenvalue weighted by molar-refractivity contribution is 5.99. The molecule has 150 valence electrons. The van der Waals surface area contributed by atoms with Gasteiger partial charge in [0.05, 0.1) is 6.10 Å². The first-order valence-electron chi connectivity index (χ1n) is 9.81. The van der Waals surface area contributed by atoms with Gasteiger partial charge < -0.3 is 14.8 Å². The van der Waals surface area contributed by atoms with Gasteiger partial charge in [-0.2, -0.15) is 0 Å². The summed E-state index contributed by atoms with van der Waals surface area (Å²) < 4.78 is 11.8. The van der Waals surface area contributed by atoms with Gasteiger partial charge in [0.25, 0.3) is 5.91 Å². The lowest BCUT2D eigenvalue weighted by Gasteiger charge is -2.17. The van der Waals surface area contributed by atoms with Gasteiger partial charge in [0.1, 0.15) is 6.10 Å². The third-order valence-electron chi connectivity index (χ3n) is 5.02. The largest absolute Gasteiger partial charge is 0.349 e. The van der Waals surface area contributed by atoms with Crippen LogP contribution in [0, 0.1) is 13.8 Å². The van der Waals surface area contributed by atoms with Crippen molar-refractivity contribution in [2.24, 2.45) is 0 Å². The summed E-state index contributed by atoms with van der Waals surface area (Å²) in [6.07, 6.45) is 7.35. The average Bonchev–Trinajstić information content (AvgIpc) is 2.88. The number of aryl methyl sites for hydroxylation is 2. The van der Waals surface area contributed by atoms with Crippen molar-refractivity contribution in [2.75, 3.05) is 0 Å². The minimum atomic E-state index is -0.795. The van der Waals surface area contributed by atoms with Crippen molar-refractivity contribution in [3.05, 3.63) is 52.6 Å². The Hall–Kier alpha value is -2.24. The average molecular weight is 383 g/mol. The molecular formula is C23H29NO4. The fraction of sp³-hybridized carbons (Fsp3) is 0.478. The van der Waals surface area contributed by atoms with Crippen LogP contribution in [0.5, 0.6) is 0 Å². The molecule has 2 aliphatic rings. The maximum Gasteiger partial charge on any atom is 0.252 e. The zero-order chi connectivity index (χ0) is 20.5. The molecule has 0 saturated carbocycles. The summed E-state index contributed by atoms with van der Waals surface area (Å²) in [6.45, 7) is 9.54. The minimum Gasteiger partial charge on any atom is -0.349 e. The third kappa shape index (κ3) is 4.59. The monoisotopic (exact) mass is 383 g/mol. The third-order valence-corrected chi connectivity index (χ3v) is 5.02. The lowest BCUT2D eigenvalue weighted by Crippen LogP contribution is -2.33. The number of hydrogen-bond donors (Lipinski definition) is 1. The molecule has 1 aromatic carbocycles. The molecule has 0 aliphatic carbocycles. The summed E-state index contributed by atoms with van der Waals surface area (Å²) in [6, 6.07) is 3.93. The first-order valence-corrected chi connectivity index (χ1v) is 9.81. The topological polar surface area (TPSA) is 64.6 Å². The second-order valence-corrected chi connectivity index (χ2v) is 8.19. The predicted octanol–water partition coefficient (Wildman–Crippen LogP) is 3.87. The predicted molar refractivity (Wildman–Crippen MR) is 109 cm³/mol. The van der Waals surface area contributed by atoms with E-state index in [0.717, 1.165) is 16.7 Å². The van der Waals surface area contributed by atoms with Crippen molar-refractivity contribution in [2.45, 2.75) is 71.5 Å². The number of ether oxygens (including phenoxy) is 2. The molecule has 1 amide bonds. The van der Waals surface area contributed by atoms with Gasteiger partial charge in [-0.3, -0.25) is 9.59 Å². The molecule has 2 unspecified atom stereocenters. The van der Waals surface area contributed by atoms with Gasteiger partial charge in [-0.1, -0.05) is 35.9 Å². The van der Waals surface area contributed by atoms with E-state index >= 15 is 0 Å². The molecule has 28 heavy (non-hydrogen) atoms. The van der Waals surface area contributed by atoms with Gasteiger partial charge in [0.15, 0.2) is 11.6 Å². The van der Waals surface area contributed by atoms with Gasteiger partial charge in [0, 0.05) is 11.6 Å². The van der Waals surface area contributed by atoms with Gasteiger partial charge in [0.2, 0.25) is 0 Å². The molecule has 5 heteroatoms. The van der Waals surface area contributed by atoms with Crippen molar-refractivity contribution in [3.63, 3.8) is 0 Å². The molecule has 2 aliphatic heterocycles. The van der Waals surface area contributed by atoms with Crippen LogP contribution < -0.4 is 5.32 Å². The summed E-state index contributed by atoms with van der Waals surface area (Å²) in [7, 11) is 0. The van der Waals surface area contributed by atoms with Crippen molar-refractivity contribution >= 4 is 17.8 Å². The van der Waals surface area contributed by atoms with Crippen LogP contribution >= 0.6 is 0 Å². The van der Waals surface area contributed by atoms with Crippen LogP contribution in [0.1, 0.15) is 60.7 Å². The SMILES string of the molecule is Cc1cc(C)c2c(c1)/C=C/C[C@@H]1OC(C)(C)OC1C(=O)/C=C\CC(C)NC2=O. The Balaban J connectivity index is 1.99. The molecule has 1 aromatic rings. The summed E-state index contributed by atoms with van der Waals surface area (Å²) in [4.78, 5) is 25.5. The van der Waals surface area contributed by atoms with Gasteiger partial charge in [-0.15, -0.1) is 0 Å². The fourth-order valence-corrected chi connectivity index (χ4v) is 3.86. The van der Waals surface area contributed by atoms with Crippen molar-refractivity contribution < 1.29 is 19.1 Å². The van der Waals surface area contributed by atoms with Crippen LogP contribution in [0.15, 0.2) is 30.4 Å². The second-order valence-electron chi connectivity index (χ2n) is 8.19. The van der Waals surface area contributed by atoms with E-state index in [9.17, 15) is 9.59 Å². The summed E-state index contributed by atoms with van der Waals surface area (Å²) >= 11 is 0. The molecule has 0 radical (unpaired) electrons. The second kappa shape index (κ2) is 8.02. The Morgan fingerprint density at radius 1 is 1.04 bits per heavy atom. The zero-order valence-corrected chi connectivity index (χ0v) is 17.2. The number of rotatable bonds is 0. The van der Waals surface area contributed by atoms with Gasteiger partial charge in [-0.25, -0.2) is 0 Å². The molecule has 1 saturated heterocycles. The van der Waals surface area contributed by atoms with Crippen molar-refractivity contribution in [3.8, 4) is 0 Å². The quantitative estimate of drug-likeness (QED) is 0.739. The molecule has 2 heterocycles. The number of nitrogens with one attached hydrogen (secondary N) is 1. The van der Waals surface area contributed by atoms with Crippen LogP contribution in [0.2, 0.25) is 0 Å². The highest BCUT2D eigenvalue weighted by Gasteiger charge is 2.43. The maximum absolute atomic E-state index is 12.9. The van der Waals surface area contributed by atoms with Crippen molar-refractivity contribution in [1.82, 2.24) is 5.32 Å². The van der Waals surface area contributed by atoms with E-state index in [1.165, 1.54) is 0 Å². The zero-order valence-electron chi connectivity index (χ0n) is 17.2. The lowest BCUT2D eigenvalue weighted by atomic mass is 9.96. The Morgan fingerprint density at radius 3 is 2.50 bits per heavy atom. The molecule has 0 spiro atoms. The summed E-state index contributed by atoms with van der Waals surface area (Å²) in [5, 5.41) is 3.03. The number of ketones is 1. The van der Waals surface area contributed by atoms with E-state index in [1.807, 2.05) is 58.9 Å². The maximum atomic E-state index is 12.9. The molecule has 3 atom stereocenters. The van der Waals surface area contributed by atoms with E-state index in [4.69, 9.17) is 9.47 Å². The number of carbonyl (C=O) groups excluding carboxylic acids is 2. The molecular weight excluding hydrogens is 354 g/mol. The Kier molecular flexibility index (Phi) is 5.87. The summed E-state index contributed by atoms with van der Waals surface area (Å²) in [5.74, 6) is -0.996. The van der Waals surface area contributed by atoms with E-state index in [1.54, 1.807) is 12.2 Å². The molecule has 5 nitrogen and oxygen atoms in total. The number of hydrogen-bond acceptors (Lipinski definition) is 4. The smallest absolute Gasteiger partial charge is 0.252 e. The van der Waals surface area contributed by atoms with Crippen LogP contribution in [-0.2, 0) is 14.3 Å². The number of benzene rings is 1. The highest BCUT2D eigenvalue weighted by Crippen LogP contribution is 2.31. The number of amides is 1. The van der Waals surface area contributed by atoms with Crippen LogP contribution in [0.4, 0.5) is 0 Å². The molecule has 0 aromatic heterocycles. The first-order chi connectivity index (χ1) is 13.2. The van der Waals surface area contributed by atoms with E-state index < -0.39 is 11.9 Å². The van der Waals surface area contributed by atoms with Crippen LogP contribution in [-0.4, -0.2) is 35.7 Å². The van der Waals surface area contributed by atoms with Gasteiger partial charge >= 0.3 is 0 Å². The highest BCUT2D eigenvalue weighted by atomic mass is 16.8. The number of fused-ring (bicyclic) bond motifs is 2. The molecule has 3 rings (SSSR count). The van der Waals surface area contributed by atoms with E-state index in [-0.39, 0.29) is 23.8 Å². The lowest BCUT2D eigenvalue weighted by molar-refractivity contribution is -0.152. The Bertz CT molecular complexity index is 837. The Morgan fingerprint density at radius 2 is 1.75 bits per heavy atom. The van der Waals surface area contributed by atoms with E-state index in [2.05, 4.69) is 5.32 Å². The Labute approximate surface area is 166 Å². The van der Waals surface area contributed by atoms with Gasteiger partial charge in [-0.05, 0) is 64.7 Å². The summed E-state index contributed by atoms with van der Waals surface area (Å²) in [5.41, 5.74) is 3.60. The van der Waals surface area contributed by atoms with E-state index in [0.29, 0.717) is 18.4 Å². The standard InChI is InChI=1S/C23H29NO4/c1-14-12-15(2)20-17(13-14)9-7-11-19-21(28-23(4,5)27-19)18(25)10-6-8-16(3)24-22(20)26/h6-7,9-10,12-13,16,19,21H,8,11H2,1-5H3,(H,24,26)/b9-7+,10-6-/t16?,19-,21?/m0/s1. The van der Waals surface area contributed by atoms with Crippen LogP contribution in [0.3, 0.4) is 0 Å².